The van der Waals surface area contributed by atoms with E-state index in [0.717, 1.165) is 25.4 Å². The molecule has 1 N–H and O–H groups in total. The van der Waals surface area contributed by atoms with Gasteiger partial charge in [0.15, 0.2) is 5.75 Å². The molecule has 0 aromatic carbocycles. The number of aryl methyl sites for hydroxylation is 1. The molecule has 0 spiro atoms. The predicted molar refractivity (Wildman–Crippen MR) is 75.0 cm³/mol. The Morgan fingerprint density at radius 2 is 2.11 bits per heavy atom. The Morgan fingerprint density at radius 3 is 2.83 bits per heavy atom. The first kappa shape index (κ1) is 15.0. The second-order valence-corrected chi connectivity index (χ2v) is 4.92. The second-order valence-electron chi connectivity index (χ2n) is 4.92. The van der Waals surface area contributed by atoms with Crippen molar-refractivity contribution in [1.82, 2.24) is 15.1 Å². The lowest BCUT2D eigenvalue weighted by atomic mass is 10.2. The molecule has 0 bridgehead atoms. The maximum Gasteiger partial charge on any atom is 0.157 e. The summed E-state index contributed by atoms with van der Waals surface area (Å²) in [7, 11) is 0. The van der Waals surface area contributed by atoms with Crippen molar-refractivity contribution in [2.75, 3.05) is 13.1 Å². The summed E-state index contributed by atoms with van der Waals surface area (Å²) >= 11 is 0. The Morgan fingerprint density at radius 1 is 1.28 bits per heavy atom. The van der Waals surface area contributed by atoms with Crippen LogP contribution in [0.15, 0.2) is 12.4 Å². The number of ether oxygens (including phenoxy) is 1. The van der Waals surface area contributed by atoms with Gasteiger partial charge in [0.05, 0.1) is 18.5 Å². The van der Waals surface area contributed by atoms with Crippen molar-refractivity contribution in [2.45, 2.75) is 59.1 Å². The van der Waals surface area contributed by atoms with E-state index in [-0.39, 0.29) is 6.10 Å². The lowest BCUT2D eigenvalue weighted by molar-refractivity contribution is 0.242. The number of nitrogens with one attached hydrogen (secondary N) is 1. The van der Waals surface area contributed by atoms with E-state index in [2.05, 4.69) is 17.3 Å². The van der Waals surface area contributed by atoms with E-state index in [1.165, 1.54) is 25.7 Å². The summed E-state index contributed by atoms with van der Waals surface area (Å²) in [5, 5.41) is 7.71. The number of aromatic nitrogens is 2. The largest absolute Gasteiger partial charge is 0.488 e. The van der Waals surface area contributed by atoms with Crippen molar-refractivity contribution in [1.29, 1.82) is 0 Å². The number of unbranched alkanes of at least 4 members (excludes halogenated alkanes) is 2. The molecule has 18 heavy (non-hydrogen) atoms. The summed E-state index contributed by atoms with van der Waals surface area (Å²) < 4.78 is 7.54. The molecule has 0 amide bonds. The number of hydrogen-bond donors (Lipinski definition) is 1. The van der Waals surface area contributed by atoms with Crippen LogP contribution in [0.3, 0.4) is 0 Å². The van der Waals surface area contributed by atoms with Gasteiger partial charge in [0.1, 0.15) is 0 Å². The molecular weight excluding hydrogens is 226 g/mol. The molecule has 0 saturated carbocycles. The van der Waals surface area contributed by atoms with E-state index in [4.69, 9.17) is 4.74 Å². The van der Waals surface area contributed by atoms with Gasteiger partial charge >= 0.3 is 0 Å². The van der Waals surface area contributed by atoms with Gasteiger partial charge in [0.25, 0.3) is 0 Å². The molecule has 104 valence electrons. The zero-order valence-corrected chi connectivity index (χ0v) is 12.0. The maximum absolute atomic E-state index is 5.57. The third-order valence-electron chi connectivity index (χ3n) is 2.65. The molecule has 0 aliphatic carbocycles. The third-order valence-corrected chi connectivity index (χ3v) is 2.65. The molecular formula is C14H27N3O. The summed E-state index contributed by atoms with van der Waals surface area (Å²) in [6.07, 6.45) is 8.88. The van der Waals surface area contributed by atoms with Crippen LogP contribution in [-0.4, -0.2) is 29.0 Å². The summed E-state index contributed by atoms with van der Waals surface area (Å²) in [6.45, 7) is 9.50. The molecule has 0 aliphatic rings. The molecule has 1 rings (SSSR count). The zero-order chi connectivity index (χ0) is 13.2. The van der Waals surface area contributed by atoms with E-state index in [1.807, 2.05) is 24.7 Å². The third kappa shape index (κ3) is 6.64. The van der Waals surface area contributed by atoms with Crippen LogP contribution in [0.1, 0.15) is 46.5 Å². The van der Waals surface area contributed by atoms with Crippen molar-refractivity contribution in [3.05, 3.63) is 12.4 Å². The van der Waals surface area contributed by atoms with Crippen LogP contribution in [0.5, 0.6) is 5.75 Å². The van der Waals surface area contributed by atoms with Crippen molar-refractivity contribution in [3.63, 3.8) is 0 Å². The van der Waals surface area contributed by atoms with Crippen molar-refractivity contribution in [2.24, 2.45) is 0 Å². The van der Waals surface area contributed by atoms with Gasteiger partial charge < -0.3 is 10.1 Å². The zero-order valence-electron chi connectivity index (χ0n) is 12.0. The van der Waals surface area contributed by atoms with Crippen LogP contribution in [0.2, 0.25) is 0 Å². The second kappa shape index (κ2) is 8.97. The Balaban J connectivity index is 2.06. The average Bonchev–Trinajstić information content (AvgIpc) is 2.75. The molecule has 1 aromatic heterocycles. The summed E-state index contributed by atoms with van der Waals surface area (Å²) in [5.41, 5.74) is 0. The fourth-order valence-electron chi connectivity index (χ4n) is 1.80. The van der Waals surface area contributed by atoms with Gasteiger partial charge in [-0.2, -0.15) is 5.10 Å². The molecule has 0 fully saturated rings. The van der Waals surface area contributed by atoms with Crippen LogP contribution >= 0.6 is 0 Å². The van der Waals surface area contributed by atoms with Crippen LogP contribution in [0, 0.1) is 0 Å². The van der Waals surface area contributed by atoms with Crippen LogP contribution in [0.25, 0.3) is 0 Å². The van der Waals surface area contributed by atoms with E-state index < -0.39 is 0 Å². The van der Waals surface area contributed by atoms with E-state index in [9.17, 15) is 0 Å². The first-order chi connectivity index (χ1) is 8.72. The molecule has 4 nitrogen and oxygen atoms in total. The van der Waals surface area contributed by atoms with Gasteiger partial charge in [-0.1, -0.05) is 13.3 Å². The lowest BCUT2D eigenvalue weighted by Crippen LogP contribution is -2.15. The highest BCUT2D eigenvalue weighted by Gasteiger charge is 2.01. The van der Waals surface area contributed by atoms with Crippen LogP contribution < -0.4 is 10.1 Å². The Labute approximate surface area is 111 Å². The van der Waals surface area contributed by atoms with Crippen molar-refractivity contribution in [3.8, 4) is 5.75 Å². The molecule has 0 unspecified atom stereocenters. The van der Waals surface area contributed by atoms with Gasteiger partial charge in [0.2, 0.25) is 0 Å². The Hall–Kier alpha value is -1.03. The molecule has 0 saturated heterocycles. The molecule has 0 radical (unpaired) electrons. The topological polar surface area (TPSA) is 39.1 Å². The smallest absolute Gasteiger partial charge is 0.157 e. The van der Waals surface area contributed by atoms with Crippen LogP contribution in [0.4, 0.5) is 0 Å². The first-order valence-corrected chi connectivity index (χ1v) is 7.12. The minimum atomic E-state index is 0.215. The van der Waals surface area contributed by atoms with Gasteiger partial charge in [-0.05, 0) is 46.2 Å². The van der Waals surface area contributed by atoms with Gasteiger partial charge in [-0.15, -0.1) is 0 Å². The fourth-order valence-corrected chi connectivity index (χ4v) is 1.80. The summed E-state index contributed by atoms with van der Waals surface area (Å²) in [4.78, 5) is 0. The minimum absolute atomic E-state index is 0.215. The first-order valence-electron chi connectivity index (χ1n) is 7.12. The highest BCUT2D eigenvalue weighted by molar-refractivity contribution is 5.11. The number of rotatable bonds is 10. The highest BCUT2D eigenvalue weighted by Crippen LogP contribution is 2.11. The quantitative estimate of drug-likeness (QED) is 0.652. The van der Waals surface area contributed by atoms with E-state index >= 15 is 0 Å². The van der Waals surface area contributed by atoms with E-state index in [0.29, 0.717) is 0 Å². The molecule has 4 heteroatoms. The maximum atomic E-state index is 5.57. The minimum Gasteiger partial charge on any atom is -0.488 e. The van der Waals surface area contributed by atoms with Crippen molar-refractivity contribution < 1.29 is 4.74 Å². The average molecular weight is 253 g/mol. The Bertz CT molecular complexity index is 310. The summed E-state index contributed by atoms with van der Waals surface area (Å²) in [6, 6.07) is 0. The highest BCUT2D eigenvalue weighted by atomic mass is 16.5. The summed E-state index contributed by atoms with van der Waals surface area (Å²) in [5.74, 6) is 0.870. The van der Waals surface area contributed by atoms with Crippen LogP contribution in [-0.2, 0) is 6.54 Å². The monoisotopic (exact) mass is 253 g/mol. The normalized spacial score (nSPS) is 11.1. The number of hydrogen-bond acceptors (Lipinski definition) is 3. The molecule has 0 atom stereocenters. The lowest BCUT2D eigenvalue weighted by Gasteiger charge is -2.05. The van der Waals surface area contributed by atoms with Gasteiger partial charge in [-0.25, -0.2) is 0 Å². The Kier molecular flexibility index (Phi) is 7.49. The SMILES string of the molecule is CCCNCCCCCn1cc(OC(C)C)cn1. The number of nitrogens with zero attached hydrogens (tertiary/aromatic N) is 2. The fraction of sp³-hybridized carbons (Fsp3) is 0.786. The van der Waals surface area contributed by atoms with E-state index in [1.54, 1.807) is 6.20 Å². The standard InChI is InChI=1S/C14H27N3O/c1-4-8-15-9-6-5-7-10-17-12-14(11-16-17)18-13(2)3/h11-13,15H,4-10H2,1-3H3. The molecule has 0 aliphatic heterocycles. The molecule has 1 aromatic rings. The van der Waals surface area contributed by atoms with Gasteiger partial charge in [-0.3, -0.25) is 4.68 Å². The predicted octanol–water partition coefficient (Wildman–Crippen LogP) is 2.84. The van der Waals surface area contributed by atoms with Gasteiger partial charge in [0, 0.05) is 6.54 Å². The van der Waals surface area contributed by atoms with Crippen molar-refractivity contribution >= 4 is 0 Å². The molecule has 1 heterocycles.